The molecule has 3 nitrogen and oxygen atoms in total. The molecule has 2 aromatic rings. The predicted octanol–water partition coefficient (Wildman–Crippen LogP) is 2.19. The van der Waals surface area contributed by atoms with Gasteiger partial charge in [-0.05, 0) is 29.3 Å². The Labute approximate surface area is 106 Å². The number of halogens is 1. The molecule has 18 heavy (non-hydrogen) atoms. The van der Waals surface area contributed by atoms with Crippen LogP contribution in [0.15, 0.2) is 42.5 Å². The molecule has 0 bridgehead atoms. The Bertz CT molecular complexity index is 628. The quantitative estimate of drug-likeness (QED) is 0.660. The molecule has 0 aromatic heterocycles. The number of benzene rings is 2. The Morgan fingerprint density at radius 2 is 1.72 bits per heavy atom. The van der Waals surface area contributed by atoms with Crippen LogP contribution >= 0.6 is 0 Å². The summed E-state index contributed by atoms with van der Waals surface area (Å²) in [5.41, 5.74) is 8.57. The maximum atomic E-state index is 12.8. The predicted molar refractivity (Wildman–Crippen MR) is 70.3 cm³/mol. The van der Waals surface area contributed by atoms with E-state index in [4.69, 9.17) is 5.73 Å². The Hall–Kier alpha value is -1.88. The second kappa shape index (κ2) is 5.18. The van der Waals surface area contributed by atoms with Crippen LogP contribution in [0, 0.1) is 5.82 Å². The summed E-state index contributed by atoms with van der Waals surface area (Å²) in [6.07, 6.45) is 0. The van der Waals surface area contributed by atoms with Crippen molar-refractivity contribution in [1.82, 2.24) is 0 Å². The van der Waals surface area contributed by atoms with Gasteiger partial charge in [-0.1, -0.05) is 24.3 Å². The Kier molecular flexibility index (Phi) is 3.62. The summed E-state index contributed by atoms with van der Waals surface area (Å²) in [4.78, 5) is 0. The van der Waals surface area contributed by atoms with Crippen LogP contribution in [0.3, 0.4) is 0 Å². The molecule has 0 aliphatic rings. The molecule has 0 fully saturated rings. The lowest BCUT2D eigenvalue weighted by Gasteiger charge is -2.07. The van der Waals surface area contributed by atoms with Gasteiger partial charge in [-0.15, -0.1) is 0 Å². The smallest absolute Gasteiger partial charge is 0.144 e. The molecular weight excluding hydrogens is 253 g/mol. The van der Waals surface area contributed by atoms with Gasteiger partial charge in [-0.3, -0.25) is 0 Å². The van der Waals surface area contributed by atoms with E-state index in [0.29, 0.717) is 11.3 Å². The average Bonchev–Trinajstić information content (AvgIpc) is 2.30. The summed E-state index contributed by atoms with van der Waals surface area (Å²) in [7, 11) is -2.46. The highest BCUT2D eigenvalue weighted by atomic mass is 32.2. The van der Waals surface area contributed by atoms with Gasteiger partial charge in [0.25, 0.3) is 0 Å². The van der Waals surface area contributed by atoms with E-state index in [-0.39, 0.29) is 11.6 Å². The molecule has 2 aromatic carbocycles. The molecule has 94 valence electrons. The fourth-order valence-corrected chi connectivity index (χ4v) is 2.25. The molecule has 0 unspecified atom stereocenters. The molecular formula is C13H12FNO2S. The lowest BCUT2D eigenvalue weighted by molar-refractivity contribution is 0.614. The summed E-state index contributed by atoms with van der Waals surface area (Å²) in [5, 5.41) is 0. The van der Waals surface area contributed by atoms with E-state index in [9.17, 15) is 12.8 Å². The van der Waals surface area contributed by atoms with Crippen molar-refractivity contribution in [3.63, 3.8) is 0 Å². The number of rotatable bonds is 3. The molecule has 0 aliphatic heterocycles. The maximum Gasteiger partial charge on any atom is 0.144 e. The van der Waals surface area contributed by atoms with Crippen LogP contribution in [0.25, 0.3) is 11.1 Å². The molecule has 0 amide bonds. The van der Waals surface area contributed by atoms with E-state index >= 15 is 0 Å². The van der Waals surface area contributed by atoms with Crippen molar-refractivity contribution in [3.8, 4) is 11.1 Å². The molecule has 0 atom stereocenters. The van der Waals surface area contributed by atoms with Crippen LogP contribution in [-0.4, -0.2) is 8.42 Å². The summed E-state index contributed by atoms with van der Waals surface area (Å²) in [6.45, 7) is 0. The highest BCUT2D eigenvalue weighted by molar-refractivity contribution is 7.71. The van der Waals surface area contributed by atoms with Gasteiger partial charge in [-0.2, -0.15) is 0 Å². The van der Waals surface area contributed by atoms with Crippen LogP contribution in [0.1, 0.15) is 5.56 Å². The van der Waals surface area contributed by atoms with E-state index in [1.807, 2.05) is 0 Å². The second-order valence-corrected chi connectivity index (χ2v) is 4.90. The summed E-state index contributed by atoms with van der Waals surface area (Å²) in [5.74, 6) is -0.333. The maximum absolute atomic E-state index is 12.8. The van der Waals surface area contributed by atoms with Crippen LogP contribution < -0.4 is 5.73 Å². The summed E-state index contributed by atoms with van der Waals surface area (Å²) in [6, 6.07) is 11.1. The largest absolute Gasteiger partial charge is 0.398 e. The van der Waals surface area contributed by atoms with Gasteiger partial charge in [0.15, 0.2) is 0 Å². The van der Waals surface area contributed by atoms with Crippen molar-refractivity contribution < 1.29 is 12.8 Å². The van der Waals surface area contributed by atoms with E-state index in [1.165, 1.54) is 12.1 Å². The highest BCUT2D eigenvalue weighted by Crippen LogP contribution is 2.27. The average molecular weight is 265 g/mol. The first kappa shape index (κ1) is 12.6. The van der Waals surface area contributed by atoms with Crippen LogP contribution in [0.2, 0.25) is 0 Å². The fraction of sp³-hybridized carbons (Fsp3) is 0.0769. The third-order valence-electron chi connectivity index (χ3n) is 2.58. The minimum absolute atomic E-state index is 0.0246. The monoisotopic (exact) mass is 265 g/mol. The van der Waals surface area contributed by atoms with Crippen molar-refractivity contribution in [2.24, 2.45) is 0 Å². The molecule has 0 radical (unpaired) electrons. The van der Waals surface area contributed by atoms with Gasteiger partial charge in [0.1, 0.15) is 16.5 Å². The minimum atomic E-state index is -2.46. The minimum Gasteiger partial charge on any atom is -0.398 e. The number of hydrogen-bond donors (Lipinski definition) is 2. The first-order valence-electron chi connectivity index (χ1n) is 5.32. The Morgan fingerprint density at radius 1 is 1.06 bits per heavy atom. The molecule has 0 saturated heterocycles. The summed E-state index contributed by atoms with van der Waals surface area (Å²) < 4.78 is 34.1. The fourth-order valence-electron chi connectivity index (χ4n) is 1.75. The number of anilines is 1. The van der Waals surface area contributed by atoms with Gasteiger partial charge < -0.3 is 5.73 Å². The van der Waals surface area contributed by atoms with E-state index in [0.717, 1.165) is 11.1 Å². The normalized spacial score (nSPS) is 10.8. The topological polar surface area (TPSA) is 60.2 Å². The molecule has 0 saturated carbocycles. The molecule has 5 heteroatoms. The molecule has 0 heterocycles. The van der Waals surface area contributed by atoms with E-state index < -0.39 is 10.7 Å². The van der Waals surface area contributed by atoms with E-state index in [1.54, 1.807) is 30.3 Å². The number of thiol groups is 1. The number of nitrogens with two attached hydrogens (primary N) is 1. The SMILES string of the molecule is Nc1cc(C[SH](=O)=O)ccc1-c1ccc(F)cc1. The number of nitrogen functional groups attached to an aromatic ring is 1. The Morgan fingerprint density at radius 3 is 2.28 bits per heavy atom. The van der Waals surface area contributed by atoms with Crippen molar-refractivity contribution >= 4 is 16.4 Å². The van der Waals surface area contributed by atoms with Crippen molar-refractivity contribution in [1.29, 1.82) is 0 Å². The van der Waals surface area contributed by atoms with Crippen LogP contribution in [0.5, 0.6) is 0 Å². The summed E-state index contributed by atoms with van der Waals surface area (Å²) >= 11 is 0. The number of hydrogen-bond acceptors (Lipinski definition) is 3. The lowest BCUT2D eigenvalue weighted by atomic mass is 10.0. The zero-order chi connectivity index (χ0) is 13.1. The van der Waals surface area contributed by atoms with E-state index in [2.05, 4.69) is 0 Å². The molecule has 2 N–H and O–H groups in total. The highest BCUT2D eigenvalue weighted by Gasteiger charge is 2.04. The third-order valence-corrected chi connectivity index (χ3v) is 3.21. The first-order valence-corrected chi connectivity index (χ1v) is 6.68. The van der Waals surface area contributed by atoms with Gasteiger partial charge in [0.2, 0.25) is 0 Å². The Balaban J connectivity index is 2.38. The van der Waals surface area contributed by atoms with Crippen molar-refractivity contribution in [2.45, 2.75) is 5.75 Å². The molecule has 2 rings (SSSR count). The van der Waals surface area contributed by atoms with Gasteiger partial charge >= 0.3 is 0 Å². The van der Waals surface area contributed by atoms with Crippen molar-refractivity contribution in [2.75, 3.05) is 5.73 Å². The van der Waals surface area contributed by atoms with Gasteiger partial charge in [0, 0.05) is 11.3 Å². The van der Waals surface area contributed by atoms with Crippen LogP contribution in [0.4, 0.5) is 10.1 Å². The standard InChI is InChI=1S/C13H12FNO2S/c14-11-4-2-10(3-5-11)12-6-1-9(7-13(12)15)8-18(16)17/h1-7,18H,8,15H2. The molecule has 0 aliphatic carbocycles. The second-order valence-electron chi connectivity index (χ2n) is 3.92. The van der Waals surface area contributed by atoms with Crippen molar-refractivity contribution in [3.05, 3.63) is 53.8 Å². The molecule has 0 spiro atoms. The van der Waals surface area contributed by atoms with Gasteiger partial charge in [0.05, 0.1) is 5.75 Å². The zero-order valence-electron chi connectivity index (χ0n) is 9.47. The zero-order valence-corrected chi connectivity index (χ0v) is 10.4. The third kappa shape index (κ3) is 2.87. The lowest BCUT2D eigenvalue weighted by Crippen LogP contribution is -1.94. The van der Waals surface area contributed by atoms with Crippen LogP contribution in [-0.2, 0) is 16.5 Å². The first-order chi connectivity index (χ1) is 8.56. The van der Waals surface area contributed by atoms with Gasteiger partial charge in [-0.25, -0.2) is 12.8 Å².